The second kappa shape index (κ2) is 10.2. The number of halogens is 3. The molecule has 37 heavy (non-hydrogen) atoms. The Morgan fingerprint density at radius 2 is 1.76 bits per heavy atom. The summed E-state index contributed by atoms with van der Waals surface area (Å²) in [5.41, 5.74) is 1.29. The molecule has 1 atom stereocenters. The van der Waals surface area contributed by atoms with Gasteiger partial charge in [-0.05, 0) is 66.4 Å². The molecule has 0 spiro atoms. The second-order valence-electron chi connectivity index (χ2n) is 9.72. The lowest BCUT2D eigenvalue weighted by molar-refractivity contribution is -0.132. The fourth-order valence-corrected chi connectivity index (χ4v) is 4.73. The lowest BCUT2D eigenvalue weighted by Gasteiger charge is -2.26. The van der Waals surface area contributed by atoms with E-state index in [2.05, 4.69) is 0 Å². The molecule has 3 aromatic carbocycles. The third-order valence-corrected chi connectivity index (χ3v) is 6.89. The first-order valence-electron chi connectivity index (χ1n) is 11.7. The van der Waals surface area contributed by atoms with Crippen molar-refractivity contribution in [2.24, 2.45) is 0 Å². The molecular weight excluding hydrogens is 516 g/mol. The Morgan fingerprint density at radius 1 is 1.03 bits per heavy atom. The summed E-state index contributed by atoms with van der Waals surface area (Å²) in [6, 6.07) is 14.1. The van der Waals surface area contributed by atoms with Crippen LogP contribution in [0, 0.1) is 5.82 Å². The van der Waals surface area contributed by atoms with Crippen LogP contribution in [0.5, 0.6) is 5.75 Å². The van der Waals surface area contributed by atoms with Crippen LogP contribution in [-0.4, -0.2) is 23.4 Å². The molecule has 5 nitrogen and oxygen atoms in total. The molecule has 1 saturated heterocycles. The van der Waals surface area contributed by atoms with Crippen molar-refractivity contribution in [2.75, 3.05) is 11.5 Å². The lowest BCUT2D eigenvalue weighted by Crippen LogP contribution is -2.29. The van der Waals surface area contributed by atoms with Gasteiger partial charge in [0.25, 0.3) is 11.7 Å². The predicted molar refractivity (Wildman–Crippen MR) is 144 cm³/mol. The molecule has 192 valence electrons. The van der Waals surface area contributed by atoms with E-state index in [0.29, 0.717) is 23.5 Å². The van der Waals surface area contributed by atoms with Crippen molar-refractivity contribution in [3.8, 4) is 5.75 Å². The first-order valence-corrected chi connectivity index (χ1v) is 12.5. The normalized spacial score (nSPS) is 17.4. The van der Waals surface area contributed by atoms with E-state index in [4.69, 9.17) is 27.9 Å². The summed E-state index contributed by atoms with van der Waals surface area (Å²) in [6.45, 7) is 8.36. The fourth-order valence-electron chi connectivity index (χ4n) is 4.42. The molecule has 8 heteroatoms. The van der Waals surface area contributed by atoms with Crippen LogP contribution in [0.1, 0.15) is 50.4 Å². The summed E-state index contributed by atoms with van der Waals surface area (Å²) in [5, 5.41) is 12.0. The summed E-state index contributed by atoms with van der Waals surface area (Å²) in [7, 11) is 0. The van der Waals surface area contributed by atoms with Crippen molar-refractivity contribution in [3.63, 3.8) is 0 Å². The number of ketones is 1. The molecule has 1 aliphatic heterocycles. The van der Waals surface area contributed by atoms with E-state index in [1.165, 1.54) is 24.3 Å². The molecule has 0 saturated carbocycles. The van der Waals surface area contributed by atoms with Gasteiger partial charge in [0, 0.05) is 16.8 Å². The average molecular weight is 542 g/mol. The van der Waals surface area contributed by atoms with E-state index in [9.17, 15) is 19.1 Å². The molecule has 1 amide bonds. The van der Waals surface area contributed by atoms with E-state index >= 15 is 0 Å². The molecule has 0 bridgehead atoms. The Kier molecular flexibility index (Phi) is 7.36. The summed E-state index contributed by atoms with van der Waals surface area (Å²) in [5.74, 6) is -2.07. The number of Topliss-reactive ketones (excluding diaryl/α,β-unsaturated/α-hetero) is 1. The largest absolute Gasteiger partial charge is 0.507 e. The highest BCUT2D eigenvalue weighted by Crippen LogP contribution is 2.44. The third kappa shape index (κ3) is 5.09. The first kappa shape index (κ1) is 26.7. The van der Waals surface area contributed by atoms with Crippen LogP contribution < -0.4 is 9.64 Å². The monoisotopic (exact) mass is 541 g/mol. The Morgan fingerprint density at radius 3 is 2.38 bits per heavy atom. The van der Waals surface area contributed by atoms with E-state index in [1.807, 2.05) is 27.7 Å². The zero-order valence-corrected chi connectivity index (χ0v) is 22.3. The van der Waals surface area contributed by atoms with Gasteiger partial charge in [-0.25, -0.2) is 4.39 Å². The molecule has 1 aliphatic rings. The first-order chi connectivity index (χ1) is 17.4. The van der Waals surface area contributed by atoms with E-state index in [1.54, 1.807) is 30.3 Å². The standard InChI is InChI=1S/C29H26Cl2FNO4/c1-5-37-23-12-10-17(13-20(23)29(2,3)4)26(34)24-25(16-9-11-21(30)22(31)14-16)33(28(36)27(24)35)19-8-6-7-18(32)15-19/h6-15,25,34H,5H2,1-4H3/b26-24-. The Balaban J connectivity index is 1.97. The number of aliphatic hydroxyl groups is 1. The molecule has 0 radical (unpaired) electrons. The molecule has 1 heterocycles. The number of aliphatic hydroxyl groups excluding tert-OH is 1. The minimum Gasteiger partial charge on any atom is -0.507 e. The molecule has 1 unspecified atom stereocenters. The van der Waals surface area contributed by atoms with Gasteiger partial charge in [-0.2, -0.15) is 0 Å². The Hall–Kier alpha value is -3.35. The summed E-state index contributed by atoms with van der Waals surface area (Å²) >= 11 is 12.4. The number of rotatable bonds is 5. The molecule has 0 aromatic heterocycles. The molecule has 1 fully saturated rings. The predicted octanol–water partition coefficient (Wildman–Crippen LogP) is 7.46. The van der Waals surface area contributed by atoms with Crippen molar-refractivity contribution in [1.29, 1.82) is 0 Å². The number of hydrogen-bond donors (Lipinski definition) is 1. The maximum atomic E-state index is 14.1. The Bertz CT molecular complexity index is 1430. The van der Waals surface area contributed by atoms with Gasteiger partial charge in [0.05, 0.1) is 28.3 Å². The SMILES string of the molecule is CCOc1ccc(/C(O)=C2/C(=O)C(=O)N(c3cccc(F)c3)C2c2ccc(Cl)c(Cl)c2)cc1C(C)(C)C. The van der Waals surface area contributed by atoms with Crippen molar-refractivity contribution in [3.05, 3.63) is 98.8 Å². The number of carbonyl (C=O) groups excluding carboxylic acids is 2. The number of hydrogen-bond acceptors (Lipinski definition) is 4. The summed E-state index contributed by atoms with van der Waals surface area (Å²) in [4.78, 5) is 27.8. The van der Waals surface area contributed by atoms with Crippen molar-refractivity contribution < 1.29 is 23.8 Å². The highest BCUT2D eigenvalue weighted by molar-refractivity contribution is 6.51. The topological polar surface area (TPSA) is 66.8 Å². The zero-order chi connectivity index (χ0) is 27.1. The quantitative estimate of drug-likeness (QED) is 0.207. The molecular formula is C29H26Cl2FNO4. The fraction of sp³-hybridized carbons (Fsp3) is 0.241. The van der Waals surface area contributed by atoms with Crippen LogP contribution in [-0.2, 0) is 15.0 Å². The third-order valence-electron chi connectivity index (χ3n) is 6.15. The number of amides is 1. The van der Waals surface area contributed by atoms with Crippen LogP contribution in [0.3, 0.4) is 0 Å². The minimum absolute atomic E-state index is 0.142. The van der Waals surface area contributed by atoms with Crippen LogP contribution in [0.15, 0.2) is 66.2 Å². The minimum atomic E-state index is -1.07. The number of carbonyl (C=O) groups is 2. The van der Waals surface area contributed by atoms with Gasteiger partial charge in [0.15, 0.2) is 0 Å². The van der Waals surface area contributed by atoms with Crippen molar-refractivity contribution in [1.82, 2.24) is 0 Å². The molecule has 0 aliphatic carbocycles. The summed E-state index contributed by atoms with van der Waals surface area (Å²) in [6.07, 6.45) is 0. The molecule has 3 aromatic rings. The number of nitrogens with zero attached hydrogens (tertiary/aromatic N) is 1. The molecule has 1 N–H and O–H groups in total. The highest BCUT2D eigenvalue weighted by atomic mass is 35.5. The second-order valence-corrected chi connectivity index (χ2v) is 10.5. The van der Waals surface area contributed by atoms with E-state index in [0.717, 1.165) is 16.5 Å². The van der Waals surface area contributed by atoms with Gasteiger partial charge in [0.2, 0.25) is 0 Å². The van der Waals surface area contributed by atoms with Gasteiger partial charge in [-0.1, -0.05) is 56.1 Å². The average Bonchev–Trinajstić information content (AvgIpc) is 3.10. The summed E-state index contributed by atoms with van der Waals surface area (Å²) < 4.78 is 19.9. The highest BCUT2D eigenvalue weighted by Gasteiger charge is 2.47. The van der Waals surface area contributed by atoms with E-state index < -0.39 is 23.5 Å². The zero-order valence-electron chi connectivity index (χ0n) is 20.8. The number of benzene rings is 3. The van der Waals surface area contributed by atoms with Gasteiger partial charge in [0.1, 0.15) is 17.3 Å². The van der Waals surface area contributed by atoms with Gasteiger partial charge < -0.3 is 9.84 Å². The lowest BCUT2D eigenvalue weighted by atomic mass is 9.84. The maximum Gasteiger partial charge on any atom is 0.300 e. The Labute approximate surface area is 225 Å². The van der Waals surface area contributed by atoms with Crippen LogP contribution in [0.4, 0.5) is 10.1 Å². The van der Waals surface area contributed by atoms with Crippen molar-refractivity contribution in [2.45, 2.75) is 39.2 Å². The van der Waals surface area contributed by atoms with Crippen molar-refractivity contribution >= 4 is 46.3 Å². The smallest absolute Gasteiger partial charge is 0.300 e. The van der Waals surface area contributed by atoms with Gasteiger partial charge in [-0.3, -0.25) is 14.5 Å². The molecule has 4 rings (SSSR count). The number of anilines is 1. The van der Waals surface area contributed by atoms with Gasteiger partial charge in [-0.15, -0.1) is 0 Å². The van der Waals surface area contributed by atoms with Crippen LogP contribution >= 0.6 is 23.2 Å². The van der Waals surface area contributed by atoms with E-state index in [-0.39, 0.29) is 32.5 Å². The number of ether oxygens (including phenoxy) is 1. The van der Waals surface area contributed by atoms with Gasteiger partial charge >= 0.3 is 0 Å². The van der Waals surface area contributed by atoms with Crippen LogP contribution in [0.2, 0.25) is 10.0 Å². The maximum absolute atomic E-state index is 14.1. The van der Waals surface area contributed by atoms with Crippen LogP contribution in [0.25, 0.3) is 5.76 Å².